The van der Waals surface area contributed by atoms with Gasteiger partial charge in [-0.2, -0.15) is 9.86 Å². The van der Waals surface area contributed by atoms with Gasteiger partial charge in [0.1, 0.15) is 11.3 Å². The number of hydrogen-bond donors (Lipinski definition) is 5. The van der Waals surface area contributed by atoms with Crippen molar-refractivity contribution in [3.05, 3.63) is 51.6 Å². The van der Waals surface area contributed by atoms with Gasteiger partial charge < -0.3 is 14.9 Å². The lowest BCUT2D eigenvalue weighted by molar-refractivity contribution is 0.404. The molecule has 0 radical (unpaired) electrons. The first-order chi connectivity index (χ1) is 17.1. The zero-order valence-electron chi connectivity index (χ0n) is 19.5. The fourth-order valence-corrected chi connectivity index (χ4v) is 6.79. The first kappa shape index (κ1) is 25.0. The van der Waals surface area contributed by atoms with E-state index in [1.807, 2.05) is 11.4 Å². The van der Waals surface area contributed by atoms with Gasteiger partial charge in [-0.15, -0.1) is 22.1 Å². The van der Waals surface area contributed by atoms with Gasteiger partial charge in [0.05, 0.1) is 21.6 Å². The molecule has 0 spiro atoms. The second kappa shape index (κ2) is 9.33. The van der Waals surface area contributed by atoms with Gasteiger partial charge in [-0.25, -0.2) is 4.68 Å². The van der Waals surface area contributed by atoms with Crippen LogP contribution >= 0.6 is 29.6 Å². The second-order valence-electron chi connectivity index (χ2n) is 8.75. The molecule has 1 aliphatic heterocycles. The Bertz CT molecular complexity index is 1450. The van der Waals surface area contributed by atoms with Gasteiger partial charge in [0.2, 0.25) is 0 Å². The van der Waals surface area contributed by atoms with E-state index in [9.17, 15) is 23.6 Å². The Hall–Kier alpha value is -2.67. The minimum absolute atomic E-state index is 0.0870. The molecule has 1 unspecified atom stereocenters. The highest BCUT2D eigenvalue weighted by atomic mass is 32.3. The summed E-state index contributed by atoms with van der Waals surface area (Å²) in [6.45, 7) is 0.388. The Morgan fingerprint density at radius 2 is 2.11 bits per heavy atom. The molecule has 1 saturated carbocycles. The Morgan fingerprint density at radius 1 is 1.33 bits per heavy atom. The van der Waals surface area contributed by atoms with Gasteiger partial charge in [0, 0.05) is 19.9 Å². The predicted molar refractivity (Wildman–Crippen MR) is 144 cm³/mol. The van der Waals surface area contributed by atoms with E-state index in [-0.39, 0.29) is 28.1 Å². The standard InChI is InChI=1S/C22H26N5O6PS2/c1-33-34(30)16-12-14(26-36(2,31)32)7-8-15(16)23-21(25-34)18-20(28)19(17-4-3-11-35-17)24-27(22(18)29)10-9-13-5-6-13/h3-4,7-8,11-13,26,28,31-32H,5-6,9-10H2,1-2H3,(H,23,25,30). The van der Waals surface area contributed by atoms with E-state index >= 15 is 0 Å². The van der Waals surface area contributed by atoms with Crippen molar-refractivity contribution in [3.8, 4) is 16.3 Å². The average Bonchev–Trinajstić information content (AvgIpc) is 3.49. The van der Waals surface area contributed by atoms with Gasteiger partial charge >= 0.3 is 7.52 Å². The first-order valence-electron chi connectivity index (χ1n) is 11.1. The summed E-state index contributed by atoms with van der Waals surface area (Å²) in [6, 6.07) is 8.19. The molecular formula is C22H26N5O6PS2. The third-order valence-corrected chi connectivity index (χ3v) is 9.35. The van der Waals surface area contributed by atoms with Gasteiger partial charge in [-0.3, -0.25) is 23.2 Å². The van der Waals surface area contributed by atoms with E-state index in [1.54, 1.807) is 18.2 Å². The number of nitrogens with zero attached hydrogens (tertiary/aromatic N) is 3. The number of rotatable bonds is 8. The average molecular weight is 552 g/mol. The van der Waals surface area contributed by atoms with Crippen LogP contribution in [0, 0.1) is 5.92 Å². The molecule has 1 aromatic carbocycles. The summed E-state index contributed by atoms with van der Waals surface area (Å²) in [7, 11) is -5.73. The van der Waals surface area contributed by atoms with E-state index < -0.39 is 23.9 Å². The van der Waals surface area contributed by atoms with Crippen molar-refractivity contribution >= 4 is 52.1 Å². The zero-order chi connectivity index (χ0) is 25.7. The molecule has 192 valence electrons. The van der Waals surface area contributed by atoms with E-state index in [0.717, 1.165) is 19.3 Å². The third-order valence-electron chi connectivity index (χ3n) is 5.91. The summed E-state index contributed by atoms with van der Waals surface area (Å²) < 4.78 is 46.7. The molecular weight excluding hydrogens is 525 g/mol. The summed E-state index contributed by atoms with van der Waals surface area (Å²) in [5, 5.41) is 20.7. The highest BCUT2D eigenvalue weighted by Gasteiger charge is 2.36. The highest BCUT2D eigenvalue weighted by Crippen LogP contribution is 2.52. The van der Waals surface area contributed by atoms with Gasteiger partial charge in [-0.05, 0) is 42.0 Å². The SMILES string of the molecule is COP1(=O)N=C(c2c(O)c(-c3cccs3)nn(CCC3CC3)c2=O)Nc2ccc(NS(C)(O)O)cc21. The number of amidine groups is 1. The zero-order valence-corrected chi connectivity index (χ0v) is 22.1. The van der Waals surface area contributed by atoms with Crippen LogP contribution in [0.15, 0.2) is 45.3 Å². The smallest absolute Gasteiger partial charge is 0.348 e. The van der Waals surface area contributed by atoms with Crippen LogP contribution in [0.25, 0.3) is 10.6 Å². The minimum atomic E-state index is -3.89. The number of anilines is 2. The largest absolute Gasteiger partial charge is 0.505 e. The molecule has 3 aromatic rings. The number of hydrogen-bond acceptors (Lipinski definition) is 10. The molecule has 5 N–H and O–H groups in total. The van der Waals surface area contributed by atoms with Crippen LogP contribution in [0.4, 0.5) is 11.4 Å². The molecule has 0 bridgehead atoms. The van der Waals surface area contributed by atoms with Crippen LogP contribution in [-0.4, -0.2) is 43.2 Å². The molecule has 2 aromatic heterocycles. The molecule has 1 fully saturated rings. The molecule has 36 heavy (non-hydrogen) atoms. The van der Waals surface area contributed by atoms with E-state index in [2.05, 4.69) is 19.9 Å². The third kappa shape index (κ3) is 4.95. The maximum absolute atomic E-state index is 13.8. The van der Waals surface area contributed by atoms with Crippen molar-refractivity contribution in [3.63, 3.8) is 0 Å². The fraction of sp³-hybridized carbons (Fsp3) is 0.318. The van der Waals surface area contributed by atoms with E-state index in [4.69, 9.17) is 4.52 Å². The monoisotopic (exact) mass is 551 g/mol. The summed E-state index contributed by atoms with van der Waals surface area (Å²) >= 11 is 1.37. The van der Waals surface area contributed by atoms with Crippen LogP contribution in [0.2, 0.25) is 0 Å². The van der Waals surface area contributed by atoms with Gasteiger partial charge in [-0.1, -0.05) is 18.9 Å². The number of nitrogens with one attached hydrogen (secondary N) is 2. The van der Waals surface area contributed by atoms with Gasteiger partial charge in [0.15, 0.2) is 11.6 Å². The van der Waals surface area contributed by atoms with Crippen LogP contribution in [0.5, 0.6) is 5.75 Å². The molecule has 3 heterocycles. The Kier molecular flexibility index (Phi) is 6.48. The summed E-state index contributed by atoms with van der Waals surface area (Å²) in [4.78, 5) is 14.2. The number of aryl methyl sites for hydroxylation is 1. The number of thiophene rings is 1. The fourth-order valence-electron chi connectivity index (χ4n) is 3.97. The normalized spacial score (nSPS) is 19.8. The summed E-state index contributed by atoms with van der Waals surface area (Å²) in [5.74, 6) is 0.118. The lowest BCUT2D eigenvalue weighted by Gasteiger charge is -2.30. The molecule has 14 heteroatoms. The lowest BCUT2D eigenvalue weighted by atomic mass is 10.1. The highest BCUT2D eigenvalue weighted by molar-refractivity contribution is 8.24. The second-order valence-corrected chi connectivity index (χ2v) is 13.7. The molecule has 11 nitrogen and oxygen atoms in total. The Balaban J connectivity index is 1.63. The molecule has 2 aliphatic rings. The van der Waals surface area contributed by atoms with Crippen molar-refractivity contribution in [2.24, 2.45) is 10.7 Å². The van der Waals surface area contributed by atoms with E-state index in [0.29, 0.717) is 28.7 Å². The number of aromatic nitrogens is 2. The van der Waals surface area contributed by atoms with Crippen LogP contribution in [0.3, 0.4) is 0 Å². The maximum Gasteiger partial charge on any atom is 0.348 e. The number of fused-ring (bicyclic) bond motifs is 1. The Labute approximate surface area is 212 Å². The van der Waals surface area contributed by atoms with Gasteiger partial charge in [0.25, 0.3) is 5.56 Å². The maximum atomic E-state index is 13.8. The van der Waals surface area contributed by atoms with Crippen molar-refractivity contribution < 1.29 is 23.3 Å². The molecule has 0 saturated heterocycles. The van der Waals surface area contributed by atoms with Crippen LogP contribution in [0.1, 0.15) is 24.8 Å². The summed E-state index contributed by atoms with van der Waals surface area (Å²) in [5.41, 5.74) is 0.205. The van der Waals surface area contributed by atoms with Crippen molar-refractivity contribution in [2.75, 3.05) is 23.4 Å². The number of aromatic hydroxyl groups is 1. The number of benzene rings is 1. The predicted octanol–water partition coefficient (Wildman–Crippen LogP) is 4.52. The molecule has 0 amide bonds. The summed E-state index contributed by atoms with van der Waals surface area (Å²) in [6.07, 6.45) is 4.28. The van der Waals surface area contributed by atoms with Crippen molar-refractivity contribution in [1.29, 1.82) is 0 Å². The first-order valence-corrected chi connectivity index (χ1v) is 15.6. The van der Waals surface area contributed by atoms with Crippen molar-refractivity contribution in [1.82, 2.24) is 9.78 Å². The quantitative estimate of drug-likeness (QED) is 0.254. The minimum Gasteiger partial charge on any atom is -0.505 e. The molecule has 1 atom stereocenters. The molecule has 5 rings (SSSR count). The lowest BCUT2D eigenvalue weighted by Crippen LogP contribution is -2.35. The topological polar surface area (TPSA) is 158 Å². The molecule has 1 aliphatic carbocycles. The van der Waals surface area contributed by atoms with Crippen LogP contribution in [-0.2, 0) is 15.6 Å². The van der Waals surface area contributed by atoms with Crippen molar-refractivity contribution in [2.45, 2.75) is 25.8 Å². The van der Waals surface area contributed by atoms with Crippen LogP contribution < -0.4 is 20.9 Å². The van der Waals surface area contributed by atoms with E-state index in [1.165, 1.54) is 35.5 Å². The Morgan fingerprint density at radius 3 is 2.75 bits per heavy atom.